The van der Waals surface area contributed by atoms with Crippen LogP contribution in [0.3, 0.4) is 0 Å². The van der Waals surface area contributed by atoms with Crippen molar-refractivity contribution in [3.05, 3.63) is 41.6 Å². The highest BCUT2D eigenvalue weighted by molar-refractivity contribution is 5.79. The molecule has 1 aliphatic heterocycles. The van der Waals surface area contributed by atoms with Gasteiger partial charge in [0.15, 0.2) is 0 Å². The van der Waals surface area contributed by atoms with Gasteiger partial charge in [0.2, 0.25) is 0 Å². The molecule has 3 rings (SSSR count). The zero-order valence-corrected chi connectivity index (χ0v) is 12.3. The lowest BCUT2D eigenvalue weighted by molar-refractivity contribution is 0.102. The van der Waals surface area contributed by atoms with Crippen molar-refractivity contribution in [3.63, 3.8) is 0 Å². The van der Waals surface area contributed by atoms with Crippen molar-refractivity contribution in [2.75, 3.05) is 33.2 Å². The first-order valence-electron chi connectivity index (χ1n) is 7.24. The molecule has 1 aromatic carbocycles. The molecule has 4 heteroatoms. The first kappa shape index (κ1) is 13.5. The van der Waals surface area contributed by atoms with E-state index in [0.717, 1.165) is 43.9 Å². The van der Waals surface area contributed by atoms with Gasteiger partial charge >= 0.3 is 0 Å². The summed E-state index contributed by atoms with van der Waals surface area (Å²) in [4.78, 5) is 6.90. The number of rotatable bonds is 3. The van der Waals surface area contributed by atoms with E-state index >= 15 is 0 Å². The molecule has 1 aliphatic rings. The summed E-state index contributed by atoms with van der Waals surface area (Å²) >= 11 is 0. The van der Waals surface area contributed by atoms with E-state index in [1.807, 2.05) is 6.92 Å². The number of hydrogen-bond acceptors (Lipinski definition) is 4. The summed E-state index contributed by atoms with van der Waals surface area (Å²) in [5.74, 6) is 0. The number of hydrogen-bond donors (Lipinski definition) is 1. The quantitative estimate of drug-likeness (QED) is 0.921. The van der Waals surface area contributed by atoms with Crippen molar-refractivity contribution in [2.45, 2.75) is 13.5 Å². The zero-order valence-electron chi connectivity index (χ0n) is 12.3. The van der Waals surface area contributed by atoms with Gasteiger partial charge in [0.1, 0.15) is 0 Å². The van der Waals surface area contributed by atoms with E-state index in [1.54, 1.807) is 0 Å². The first-order valence-corrected chi connectivity index (χ1v) is 7.24. The minimum absolute atomic E-state index is 0.882. The average molecular weight is 270 g/mol. The second kappa shape index (κ2) is 5.87. The van der Waals surface area contributed by atoms with Crippen LogP contribution in [-0.2, 0) is 6.54 Å². The molecular weight excluding hydrogens is 248 g/mol. The Balaban J connectivity index is 1.64. The number of pyridine rings is 1. The Kier molecular flexibility index (Phi) is 3.96. The highest BCUT2D eigenvalue weighted by atomic mass is 15.5. The lowest BCUT2D eigenvalue weighted by Gasteiger charge is -2.32. The van der Waals surface area contributed by atoms with Crippen molar-refractivity contribution >= 4 is 10.9 Å². The van der Waals surface area contributed by atoms with Gasteiger partial charge in [0, 0.05) is 43.8 Å². The van der Waals surface area contributed by atoms with Crippen molar-refractivity contribution in [1.82, 2.24) is 20.3 Å². The molecule has 0 saturated carbocycles. The van der Waals surface area contributed by atoms with Gasteiger partial charge < -0.3 is 4.90 Å². The topological polar surface area (TPSA) is 31.4 Å². The Morgan fingerprint density at radius 1 is 1.10 bits per heavy atom. The Bertz CT molecular complexity index is 588. The molecule has 0 amide bonds. The highest BCUT2D eigenvalue weighted by Crippen LogP contribution is 2.14. The van der Waals surface area contributed by atoms with E-state index in [4.69, 9.17) is 0 Å². The number of hydrazine groups is 1. The second-order valence-corrected chi connectivity index (χ2v) is 5.60. The average Bonchev–Trinajstić information content (AvgIpc) is 2.46. The largest absolute Gasteiger partial charge is 0.304 e. The number of fused-ring (bicyclic) bond motifs is 1. The van der Waals surface area contributed by atoms with E-state index in [0.29, 0.717) is 0 Å². The third-order valence-corrected chi connectivity index (χ3v) is 3.90. The molecule has 0 spiro atoms. The molecule has 2 heterocycles. The van der Waals surface area contributed by atoms with Gasteiger partial charge in [-0.2, -0.15) is 0 Å². The lowest BCUT2D eigenvalue weighted by Crippen LogP contribution is -2.50. The predicted octanol–water partition coefficient (Wildman–Crippen LogP) is 1.80. The molecule has 0 radical (unpaired) electrons. The fraction of sp³-hybridized carbons (Fsp3) is 0.438. The van der Waals surface area contributed by atoms with Crippen molar-refractivity contribution in [3.8, 4) is 0 Å². The summed E-state index contributed by atoms with van der Waals surface area (Å²) in [7, 11) is 2.18. The summed E-state index contributed by atoms with van der Waals surface area (Å²) in [5.41, 5.74) is 6.98. The van der Waals surface area contributed by atoms with Crippen LogP contribution in [0.25, 0.3) is 10.9 Å². The fourth-order valence-corrected chi connectivity index (χ4v) is 2.55. The molecule has 20 heavy (non-hydrogen) atoms. The molecule has 2 aromatic rings. The summed E-state index contributed by atoms with van der Waals surface area (Å²) < 4.78 is 0. The van der Waals surface area contributed by atoms with Crippen molar-refractivity contribution in [2.24, 2.45) is 0 Å². The fourth-order valence-electron chi connectivity index (χ4n) is 2.55. The summed E-state index contributed by atoms with van der Waals surface area (Å²) in [6.45, 7) is 7.35. The van der Waals surface area contributed by atoms with Gasteiger partial charge in [-0.15, -0.1) is 0 Å². The molecule has 1 aromatic heterocycles. The van der Waals surface area contributed by atoms with Crippen LogP contribution < -0.4 is 5.43 Å². The van der Waals surface area contributed by atoms with Gasteiger partial charge in [0.05, 0.1) is 5.52 Å². The molecule has 1 saturated heterocycles. The lowest BCUT2D eigenvalue weighted by atomic mass is 10.1. The maximum Gasteiger partial charge on any atom is 0.0705 e. The third kappa shape index (κ3) is 3.15. The molecule has 4 nitrogen and oxygen atoms in total. The van der Waals surface area contributed by atoms with E-state index < -0.39 is 0 Å². The molecule has 1 fully saturated rings. The van der Waals surface area contributed by atoms with Crippen LogP contribution in [0.1, 0.15) is 11.3 Å². The third-order valence-electron chi connectivity index (χ3n) is 3.90. The molecule has 1 N–H and O–H groups in total. The smallest absolute Gasteiger partial charge is 0.0705 e. The number of nitrogens with zero attached hydrogens (tertiary/aromatic N) is 3. The van der Waals surface area contributed by atoms with Gasteiger partial charge in [-0.1, -0.05) is 12.1 Å². The van der Waals surface area contributed by atoms with Crippen LogP contribution in [-0.4, -0.2) is 48.1 Å². The zero-order chi connectivity index (χ0) is 13.9. The Labute approximate surface area is 120 Å². The van der Waals surface area contributed by atoms with Crippen LogP contribution in [0.4, 0.5) is 0 Å². The minimum Gasteiger partial charge on any atom is -0.304 e. The Morgan fingerprint density at radius 3 is 2.70 bits per heavy atom. The van der Waals surface area contributed by atoms with Crippen molar-refractivity contribution in [1.29, 1.82) is 0 Å². The molecule has 0 atom stereocenters. The number of nitrogens with one attached hydrogen (secondary N) is 1. The molecule has 0 aliphatic carbocycles. The number of likely N-dealkylation sites (N-methyl/N-ethyl adjacent to an activating group) is 1. The van der Waals surface area contributed by atoms with Gasteiger partial charge in [-0.25, -0.2) is 5.01 Å². The van der Waals surface area contributed by atoms with Crippen LogP contribution in [0.5, 0.6) is 0 Å². The number of aromatic nitrogens is 1. The van der Waals surface area contributed by atoms with Crippen LogP contribution in [0.2, 0.25) is 0 Å². The van der Waals surface area contributed by atoms with Crippen LogP contribution in [0.15, 0.2) is 30.3 Å². The standard InChI is InChI=1S/C16H22N4/c1-13-3-5-15-11-14(4-6-16(15)18-13)12-17-20-9-7-19(2)8-10-20/h3-6,11,17H,7-10,12H2,1-2H3. The summed E-state index contributed by atoms with van der Waals surface area (Å²) in [6.07, 6.45) is 0. The summed E-state index contributed by atoms with van der Waals surface area (Å²) in [5, 5.41) is 3.53. The normalized spacial score (nSPS) is 17.7. The van der Waals surface area contributed by atoms with E-state index in [2.05, 4.69) is 57.7 Å². The number of piperazine rings is 1. The maximum absolute atomic E-state index is 4.54. The molecule has 106 valence electrons. The Morgan fingerprint density at radius 2 is 1.90 bits per heavy atom. The number of aryl methyl sites for hydroxylation is 1. The summed E-state index contributed by atoms with van der Waals surface area (Å²) in [6, 6.07) is 10.7. The van der Waals surface area contributed by atoms with Gasteiger partial charge in [-0.05, 0) is 37.7 Å². The monoisotopic (exact) mass is 270 g/mol. The second-order valence-electron chi connectivity index (χ2n) is 5.60. The predicted molar refractivity (Wildman–Crippen MR) is 82.4 cm³/mol. The molecular formula is C16H22N4. The van der Waals surface area contributed by atoms with E-state index in [9.17, 15) is 0 Å². The van der Waals surface area contributed by atoms with Gasteiger partial charge in [0.25, 0.3) is 0 Å². The SMILES string of the molecule is Cc1ccc2cc(CNN3CCN(C)CC3)ccc2n1. The highest BCUT2D eigenvalue weighted by Gasteiger charge is 2.12. The van der Waals surface area contributed by atoms with Crippen LogP contribution in [0, 0.1) is 6.92 Å². The number of benzene rings is 1. The van der Waals surface area contributed by atoms with E-state index in [1.165, 1.54) is 10.9 Å². The van der Waals surface area contributed by atoms with E-state index in [-0.39, 0.29) is 0 Å². The Hall–Kier alpha value is -1.49. The first-order chi connectivity index (χ1) is 9.70. The molecule has 0 bridgehead atoms. The minimum atomic E-state index is 0.882. The van der Waals surface area contributed by atoms with Gasteiger partial charge in [-0.3, -0.25) is 10.4 Å². The molecule has 0 unspecified atom stereocenters. The van der Waals surface area contributed by atoms with Crippen LogP contribution >= 0.6 is 0 Å². The maximum atomic E-state index is 4.54. The van der Waals surface area contributed by atoms with Crippen molar-refractivity contribution < 1.29 is 0 Å².